The van der Waals surface area contributed by atoms with Gasteiger partial charge in [0.15, 0.2) is 0 Å². The Hall–Kier alpha value is -3.09. The Kier molecular flexibility index (Phi) is 8.43. The predicted molar refractivity (Wildman–Crippen MR) is 163 cm³/mol. The number of hydrogen-bond acceptors (Lipinski definition) is 7. The van der Waals surface area contributed by atoms with Crippen LogP contribution in [0.3, 0.4) is 0 Å². The fourth-order valence-electron chi connectivity index (χ4n) is 6.00. The van der Waals surface area contributed by atoms with E-state index in [0.717, 1.165) is 69.7 Å². The van der Waals surface area contributed by atoms with Crippen LogP contribution in [0.15, 0.2) is 40.0 Å². The molecule has 1 amide bonds. The summed E-state index contributed by atoms with van der Waals surface area (Å²) in [5.41, 5.74) is 2.47. The van der Waals surface area contributed by atoms with E-state index in [1.165, 1.54) is 23.9 Å². The van der Waals surface area contributed by atoms with Crippen molar-refractivity contribution in [3.8, 4) is 6.07 Å². The van der Waals surface area contributed by atoms with Crippen molar-refractivity contribution >= 4 is 51.8 Å². The van der Waals surface area contributed by atoms with Gasteiger partial charge in [-0.3, -0.25) is 19.1 Å². The minimum absolute atomic E-state index is 0.0529. The topological polar surface area (TPSA) is 72.6 Å². The number of benzene rings is 1. The average Bonchev–Trinajstić information content (AvgIpc) is 3.25. The first kappa shape index (κ1) is 27.5. The Morgan fingerprint density at radius 2 is 1.72 bits per heavy atom. The van der Waals surface area contributed by atoms with Crippen molar-refractivity contribution in [2.75, 3.05) is 36.0 Å². The standard InChI is InChI=1S/C30H35N5O2S2/c1-3-14-34-27(33-17-15-32(16-18-33)22-10-6-4-7-11-22)24(21(2)25(20-31)28(34)36)19-26-29(37)35(30(38)39-26)23-12-8-5-9-13-23/h4,6-7,10-11,19,23H,3,5,8-9,12-18H2,1-2H3/b26-19+. The highest BCUT2D eigenvalue weighted by Crippen LogP contribution is 2.39. The molecule has 2 aliphatic heterocycles. The number of thioether (sulfide) groups is 1. The third-order valence-electron chi connectivity index (χ3n) is 8.03. The number of para-hydroxylation sites is 1. The van der Waals surface area contributed by atoms with Gasteiger partial charge in [0.1, 0.15) is 21.8 Å². The lowest BCUT2D eigenvalue weighted by Gasteiger charge is -2.39. The van der Waals surface area contributed by atoms with Crippen molar-refractivity contribution in [1.29, 1.82) is 5.26 Å². The molecule has 1 aliphatic carbocycles. The quantitative estimate of drug-likeness (QED) is 0.350. The second kappa shape index (κ2) is 12.0. The van der Waals surface area contributed by atoms with Crippen LogP contribution in [-0.2, 0) is 11.3 Å². The molecule has 1 saturated carbocycles. The highest BCUT2D eigenvalue weighted by atomic mass is 32.2. The van der Waals surface area contributed by atoms with Crippen molar-refractivity contribution < 1.29 is 4.79 Å². The van der Waals surface area contributed by atoms with Crippen molar-refractivity contribution in [2.24, 2.45) is 0 Å². The van der Waals surface area contributed by atoms with Crippen molar-refractivity contribution in [3.63, 3.8) is 0 Å². The predicted octanol–water partition coefficient (Wildman–Crippen LogP) is 5.30. The SMILES string of the molecule is CCCn1c(N2CCN(c3ccccc3)CC2)c(/C=C2/SC(=S)N(C3CCCCC3)C2=O)c(C)c(C#N)c1=O. The minimum atomic E-state index is -0.260. The van der Waals surface area contributed by atoms with Gasteiger partial charge in [0.25, 0.3) is 11.5 Å². The molecule has 7 nitrogen and oxygen atoms in total. The zero-order valence-corrected chi connectivity index (χ0v) is 24.3. The van der Waals surface area contributed by atoms with Gasteiger partial charge in [0, 0.05) is 50.0 Å². The molecule has 2 saturated heterocycles. The Morgan fingerprint density at radius 3 is 2.36 bits per heavy atom. The summed E-state index contributed by atoms with van der Waals surface area (Å²) in [7, 11) is 0. The molecule has 0 radical (unpaired) electrons. The summed E-state index contributed by atoms with van der Waals surface area (Å²) in [4.78, 5) is 34.1. The summed E-state index contributed by atoms with van der Waals surface area (Å²) < 4.78 is 2.36. The van der Waals surface area contributed by atoms with Crippen LogP contribution in [0.25, 0.3) is 6.08 Å². The normalized spacial score (nSPS) is 19.7. The lowest BCUT2D eigenvalue weighted by atomic mass is 9.94. The van der Waals surface area contributed by atoms with Crippen LogP contribution < -0.4 is 15.4 Å². The first-order valence-electron chi connectivity index (χ1n) is 13.9. The third-order valence-corrected chi connectivity index (χ3v) is 9.36. The van der Waals surface area contributed by atoms with Crippen LogP contribution in [0.1, 0.15) is 62.1 Å². The molecule has 5 rings (SSSR count). The number of carbonyl (C=O) groups is 1. The molecule has 1 aromatic heterocycles. The Bertz CT molecular complexity index is 1380. The van der Waals surface area contributed by atoms with E-state index in [0.29, 0.717) is 21.3 Å². The van der Waals surface area contributed by atoms with Crippen molar-refractivity contribution in [1.82, 2.24) is 9.47 Å². The van der Waals surface area contributed by atoms with Crippen LogP contribution in [-0.4, -0.2) is 51.9 Å². The summed E-state index contributed by atoms with van der Waals surface area (Å²) in [6, 6.07) is 12.7. The lowest BCUT2D eigenvalue weighted by Crippen LogP contribution is -2.48. The summed E-state index contributed by atoms with van der Waals surface area (Å²) in [5.74, 6) is 0.747. The van der Waals surface area contributed by atoms with E-state index in [2.05, 4.69) is 28.0 Å². The van der Waals surface area contributed by atoms with Gasteiger partial charge in [-0.1, -0.05) is 68.4 Å². The summed E-state index contributed by atoms with van der Waals surface area (Å²) in [6.45, 7) is 7.45. The van der Waals surface area contributed by atoms with Gasteiger partial charge >= 0.3 is 0 Å². The van der Waals surface area contributed by atoms with E-state index in [1.54, 1.807) is 4.57 Å². The molecule has 0 atom stereocenters. The lowest BCUT2D eigenvalue weighted by molar-refractivity contribution is -0.124. The van der Waals surface area contributed by atoms with E-state index in [1.807, 2.05) is 43.0 Å². The number of piperazine rings is 1. The molecule has 3 heterocycles. The first-order chi connectivity index (χ1) is 18.9. The molecule has 1 aromatic carbocycles. The second-order valence-electron chi connectivity index (χ2n) is 10.5. The monoisotopic (exact) mass is 561 g/mol. The molecule has 0 bridgehead atoms. The number of amides is 1. The molecule has 0 spiro atoms. The maximum absolute atomic E-state index is 13.6. The molecular formula is C30H35N5O2S2. The number of pyridine rings is 1. The van der Waals surface area contributed by atoms with Gasteiger partial charge in [0.2, 0.25) is 0 Å². The summed E-state index contributed by atoms with van der Waals surface area (Å²) in [6.07, 6.45) is 8.05. The summed E-state index contributed by atoms with van der Waals surface area (Å²) >= 11 is 7.02. The number of aromatic nitrogens is 1. The number of thiocarbonyl (C=S) groups is 1. The highest BCUT2D eigenvalue weighted by Gasteiger charge is 2.38. The van der Waals surface area contributed by atoms with Crippen LogP contribution in [0.4, 0.5) is 11.5 Å². The average molecular weight is 562 g/mol. The largest absolute Gasteiger partial charge is 0.368 e. The van der Waals surface area contributed by atoms with E-state index in [4.69, 9.17) is 12.2 Å². The molecule has 3 aliphatic rings. The maximum atomic E-state index is 13.6. The molecule has 0 unspecified atom stereocenters. The fourth-order valence-corrected chi connectivity index (χ4v) is 7.38. The number of hydrogen-bond donors (Lipinski definition) is 0. The van der Waals surface area contributed by atoms with E-state index < -0.39 is 0 Å². The number of rotatable bonds is 6. The Labute approximate surface area is 240 Å². The van der Waals surface area contributed by atoms with Gasteiger partial charge in [-0.2, -0.15) is 5.26 Å². The smallest absolute Gasteiger partial charge is 0.270 e. The van der Waals surface area contributed by atoms with Gasteiger partial charge in [-0.05, 0) is 50.0 Å². The summed E-state index contributed by atoms with van der Waals surface area (Å²) in [5, 5.41) is 9.94. The van der Waals surface area contributed by atoms with Crippen molar-refractivity contribution in [3.05, 3.63) is 62.3 Å². The molecule has 3 fully saturated rings. The first-order valence-corrected chi connectivity index (χ1v) is 15.2. The Morgan fingerprint density at radius 1 is 1.05 bits per heavy atom. The molecular weight excluding hydrogens is 526 g/mol. The number of nitriles is 1. The fraction of sp³-hybridized carbons (Fsp3) is 0.467. The van der Waals surface area contributed by atoms with Gasteiger partial charge in [0.05, 0.1) is 4.91 Å². The van der Waals surface area contributed by atoms with E-state index >= 15 is 0 Å². The van der Waals surface area contributed by atoms with Gasteiger partial charge in [-0.25, -0.2) is 0 Å². The molecule has 204 valence electrons. The molecule has 39 heavy (non-hydrogen) atoms. The Balaban J connectivity index is 1.55. The highest BCUT2D eigenvalue weighted by molar-refractivity contribution is 8.26. The van der Waals surface area contributed by atoms with Gasteiger partial charge in [-0.15, -0.1) is 0 Å². The zero-order valence-electron chi connectivity index (χ0n) is 22.7. The number of nitrogens with zero attached hydrogens (tertiary/aromatic N) is 5. The number of carbonyl (C=O) groups excluding carboxylic acids is 1. The van der Waals surface area contributed by atoms with E-state index in [-0.39, 0.29) is 23.1 Å². The van der Waals surface area contributed by atoms with E-state index in [9.17, 15) is 14.9 Å². The minimum Gasteiger partial charge on any atom is -0.368 e. The molecule has 0 N–H and O–H groups in total. The second-order valence-corrected chi connectivity index (χ2v) is 12.1. The van der Waals surface area contributed by atoms with Crippen molar-refractivity contribution in [2.45, 2.75) is 65.0 Å². The van der Waals surface area contributed by atoms with Crippen LogP contribution in [0.2, 0.25) is 0 Å². The van der Waals surface area contributed by atoms with Crippen LogP contribution in [0.5, 0.6) is 0 Å². The van der Waals surface area contributed by atoms with Crippen LogP contribution in [0, 0.1) is 18.3 Å². The zero-order chi connectivity index (χ0) is 27.5. The third kappa shape index (κ3) is 5.37. The molecule has 2 aromatic rings. The van der Waals surface area contributed by atoms with Crippen LogP contribution >= 0.6 is 24.0 Å². The van der Waals surface area contributed by atoms with Gasteiger partial charge < -0.3 is 9.80 Å². The number of anilines is 2. The molecule has 9 heteroatoms. The maximum Gasteiger partial charge on any atom is 0.270 e.